The second kappa shape index (κ2) is 11.3. The minimum Gasteiger partial charge on any atom is -0.444 e. The topological polar surface area (TPSA) is 112 Å². The third-order valence-corrected chi connectivity index (χ3v) is 4.99. The Morgan fingerprint density at radius 2 is 1.68 bits per heavy atom. The van der Waals surface area contributed by atoms with Crippen molar-refractivity contribution in [2.45, 2.75) is 53.2 Å². The first-order chi connectivity index (χ1) is 15.9. The van der Waals surface area contributed by atoms with Crippen molar-refractivity contribution >= 4 is 23.6 Å². The van der Waals surface area contributed by atoms with E-state index in [0.29, 0.717) is 11.3 Å². The number of para-hydroxylation sites is 1. The van der Waals surface area contributed by atoms with Gasteiger partial charge in [0.25, 0.3) is 5.91 Å². The quantitative estimate of drug-likeness (QED) is 0.598. The Morgan fingerprint density at radius 1 is 1.06 bits per heavy atom. The Morgan fingerprint density at radius 3 is 2.24 bits per heavy atom. The second-order valence-corrected chi connectivity index (χ2v) is 9.11. The van der Waals surface area contributed by atoms with Crippen molar-refractivity contribution in [2.75, 3.05) is 18.4 Å². The van der Waals surface area contributed by atoms with Crippen molar-refractivity contribution < 1.29 is 19.1 Å². The summed E-state index contributed by atoms with van der Waals surface area (Å²) in [4.78, 5) is 39.9. The standard InChI is InChI=1S/C26H32N4O4/c1-17-9-7-12-20(15-17)23(24(32)29-22-18(2)10-8-11-19(22)3)30(14-13-27)21(31)16-28-25(33)34-26(4,5)6/h7-12,15,23H,14,16H2,1-6H3,(H,28,33)(H,29,32). The minimum atomic E-state index is -1.08. The first-order valence-electron chi connectivity index (χ1n) is 11.0. The van der Waals surface area contributed by atoms with E-state index < -0.39 is 36.1 Å². The maximum absolute atomic E-state index is 13.5. The number of nitriles is 1. The van der Waals surface area contributed by atoms with E-state index in [4.69, 9.17) is 4.74 Å². The maximum atomic E-state index is 13.5. The molecule has 8 heteroatoms. The highest BCUT2D eigenvalue weighted by Crippen LogP contribution is 2.26. The summed E-state index contributed by atoms with van der Waals surface area (Å²) < 4.78 is 5.18. The molecule has 2 rings (SSSR count). The highest BCUT2D eigenvalue weighted by molar-refractivity contribution is 5.99. The highest BCUT2D eigenvalue weighted by Gasteiger charge is 2.32. The molecule has 1 unspecified atom stereocenters. The van der Waals surface area contributed by atoms with Crippen LogP contribution in [0.4, 0.5) is 10.5 Å². The molecule has 34 heavy (non-hydrogen) atoms. The predicted molar refractivity (Wildman–Crippen MR) is 130 cm³/mol. The molecular weight excluding hydrogens is 432 g/mol. The van der Waals surface area contributed by atoms with Crippen molar-refractivity contribution in [3.63, 3.8) is 0 Å². The lowest BCUT2D eigenvalue weighted by molar-refractivity contribution is -0.137. The van der Waals surface area contributed by atoms with Gasteiger partial charge in [-0.15, -0.1) is 0 Å². The second-order valence-electron chi connectivity index (χ2n) is 9.11. The van der Waals surface area contributed by atoms with Crippen LogP contribution in [0.2, 0.25) is 0 Å². The summed E-state index contributed by atoms with van der Waals surface area (Å²) in [6.07, 6.45) is -0.759. The third-order valence-electron chi connectivity index (χ3n) is 4.99. The van der Waals surface area contributed by atoms with Gasteiger partial charge in [0.1, 0.15) is 24.7 Å². The zero-order chi connectivity index (χ0) is 25.5. The number of hydrogen-bond donors (Lipinski definition) is 2. The largest absolute Gasteiger partial charge is 0.444 e. The van der Waals surface area contributed by atoms with Crippen molar-refractivity contribution in [3.8, 4) is 6.07 Å². The monoisotopic (exact) mass is 464 g/mol. The Bertz CT molecular complexity index is 1080. The van der Waals surface area contributed by atoms with Crippen LogP contribution < -0.4 is 10.6 Å². The lowest BCUT2D eigenvalue weighted by Gasteiger charge is -2.30. The van der Waals surface area contributed by atoms with Gasteiger partial charge in [-0.2, -0.15) is 5.26 Å². The van der Waals surface area contributed by atoms with E-state index in [0.717, 1.165) is 21.6 Å². The van der Waals surface area contributed by atoms with Gasteiger partial charge >= 0.3 is 6.09 Å². The van der Waals surface area contributed by atoms with Crippen LogP contribution in [0.1, 0.15) is 49.1 Å². The number of amides is 3. The van der Waals surface area contributed by atoms with Gasteiger partial charge < -0.3 is 20.3 Å². The molecule has 0 radical (unpaired) electrons. The fourth-order valence-corrected chi connectivity index (χ4v) is 3.48. The van der Waals surface area contributed by atoms with Crippen LogP contribution in [0.15, 0.2) is 42.5 Å². The molecule has 2 aromatic rings. The Balaban J connectivity index is 2.38. The zero-order valence-corrected chi connectivity index (χ0v) is 20.6. The Labute approximate surface area is 200 Å². The number of nitrogens with one attached hydrogen (secondary N) is 2. The molecule has 3 amide bonds. The average Bonchev–Trinajstić information content (AvgIpc) is 2.73. The third kappa shape index (κ3) is 7.34. The van der Waals surface area contributed by atoms with E-state index in [1.165, 1.54) is 0 Å². The first-order valence-corrected chi connectivity index (χ1v) is 11.0. The van der Waals surface area contributed by atoms with Gasteiger partial charge in [0.05, 0.1) is 6.07 Å². The molecule has 0 spiro atoms. The lowest BCUT2D eigenvalue weighted by atomic mass is 10.0. The van der Waals surface area contributed by atoms with Crippen LogP contribution in [-0.2, 0) is 14.3 Å². The lowest BCUT2D eigenvalue weighted by Crippen LogP contribution is -2.46. The maximum Gasteiger partial charge on any atom is 0.408 e. The van der Waals surface area contributed by atoms with Crippen LogP contribution in [0.3, 0.4) is 0 Å². The fourth-order valence-electron chi connectivity index (χ4n) is 3.48. The molecule has 0 saturated heterocycles. The van der Waals surface area contributed by atoms with Gasteiger partial charge in [0.2, 0.25) is 5.91 Å². The molecule has 2 aromatic carbocycles. The van der Waals surface area contributed by atoms with Crippen LogP contribution in [0, 0.1) is 32.1 Å². The number of carbonyl (C=O) groups is 3. The van der Waals surface area contributed by atoms with E-state index in [-0.39, 0.29) is 6.54 Å². The SMILES string of the molecule is Cc1cccc(C(C(=O)Nc2c(C)cccc2C)N(CC#N)C(=O)CNC(=O)OC(C)(C)C)c1. The summed E-state index contributed by atoms with van der Waals surface area (Å²) in [5.74, 6) is -1.04. The molecule has 1 atom stereocenters. The van der Waals surface area contributed by atoms with Crippen LogP contribution >= 0.6 is 0 Å². The molecule has 0 heterocycles. The number of aryl methyl sites for hydroxylation is 3. The number of alkyl carbamates (subject to hydrolysis) is 1. The molecule has 180 valence electrons. The molecule has 0 fully saturated rings. The van der Waals surface area contributed by atoms with E-state index in [9.17, 15) is 19.6 Å². The molecule has 0 aliphatic carbocycles. The van der Waals surface area contributed by atoms with Crippen LogP contribution in [0.5, 0.6) is 0 Å². The molecule has 0 saturated carbocycles. The highest BCUT2D eigenvalue weighted by atomic mass is 16.6. The number of hydrogen-bond acceptors (Lipinski definition) is 5. The van der Waals surface area contributed by atoms with Crippen molar-refractivity contribution in [1.82, 2.24) is 10.2 Å². The molecule has 0 aliphatic heterocycles. The van der Waals surface area contributed by atoms with E-state index >= 15 is 0 Å². The summed E-state index contributed by atoms with van der Waals surface area (Å²) in [6, 6.07) is 13.7. The summed E-state index contributed by atoms with van der Waals surface area (Å²) in [5.41, 5.74) is 3.14. The Hall–Kier alpha value is -3.86. The summed E-state index contributed by atoms with van der Waals surface area (Å²) in [5, 5.41) is 14.8. The molecule has 0 bridgehead atoms. The van der Waals surface area contributed by atoms with Crippen molar-refractivity contribution in [1.29, 1.82) is 5.26 Å². The average molecular weight is 465 g/mol. The summed E-state index contributed by atoms with van der Waals surface area (Å²) in [7, 11) is 0. The van der Waals surface area contributed by atoms with Crippen molar-refractivity contribution in [3.05, 3.63) is 64.7 Å². The van der Waals surface area contributed by atoms with Crippen molar-refractivity contribution in [2.24, 2.45) is 0 Å². The first kappa shape index (κ1) is 26.4. The minimum absolute atomic E-state index is 0.340. The fraction of sp³-hybridized carbons (Fsp3) is 0.385. The van der Waals surface area contributed by atoms with Gasteiger partial charge in [-0.05, 0) is 58.2 Å². The molecule has 2 N–H and O–H groups in total. The van der Waals surface area contributed by atoms with Gasteiger partial charge in [0.15, 0.2) is 0 Å². The van der Waals surface area contributed by atoms with Crippen LogP contribution in [0.25, 0.3) is 0 Å². The number of benzene rings is 2. The van der Waals surface area contributed by atoms with E-state index in [1.54, 1.807) is 39.0 Å². The van der Waals surface area contributed by atoms with Crippen LogP contribution in [-0.4, -0.2) is 41.5 Å². The number of rotatable bonds is 7. The zero-order valence-electron chi connectivity index (χ0n) is 20.6. The number of nitrogens with zero attached hydrogens (tertiary/aromatic N) is 2. The number of carbonyl (C=O) groups excluding carboxylic acids is 3. The number of ether oxygens (including phenoxy) is 1. The molecule has 8 nitrogen and oxygen atoms in total. The van der Waals surface area contributed by atoms with Gasteiger partial charge in [-0.3, -0.25) is 9.59 Å². The summed E-state index contributed by atoms with van der Waals surface area (Å²) in [6.45, 7) is 10.0. The number of anilines is 1. The summed E-state index contributed by atoms with van der Waals surface area (Å²) >= 11 is 0. The van der Waals surface area contributed by atoms with Gasteiger partial charge in [-0.25, -0.2) is 4.79 Å². The molecule has 0 aliphatic rings. The van der Waals surface area contributed by atoms with Gasteiger partial charge in [0, 0.05) is 5.69 Å². The molecular formula is C26H32N4O4. The normalized spacial score (nSPS) is 11.7. The van der Waals surface area contributed by atoms with E-state index in [1.807, 2.05) is 51.1 Å². The molecule has 0 aromatic heterocycles. The smallest absolute Gasteiger partial charge is 0.408 e. The van der Waals surface area contributed by atoms with E-state index in [2.05, 4.69) is 10.6 Å². The predicted octanol–water partition coefficient (Wildman–Crippen LogP) is 4.17. The Kier molecular flexibility index (Phi) is 8.79. The van der Waals surface area contributed by atoms with Gasteiger partial charge in [-0.1, -0.05) is 48.0 Å².